The van der Waals surface area contributed by atoms with Crippen molar-refractivity contribution < 1.29 is 18.1 Å². The Bertz CT molecular complexity index is 144. The van der Waals surface area contributed by atoms with Crippen molar-refractivity contribution in [1.29, 1.82) is 0 Å². The van der Waals surface area contributed by atoms with Crippen molar-refractivity contribution in [2.45, 2.75) is 13.3 Å². The number of halogens is 2. The van der Waals surface area contributed by atoms with Crippen LogP contribution in [0.3, 0.4) is 0 Å². The Hall–Kier alpha value is 1.07. The first kappa shape index (κ1) is 13.1. The van der Waals surface area contributed by atoms with Gasteiger partial charge in [0.15, 0.2) is 0 Å². The lowest BCUT2D eigenvalue weighted by atomic mass is 10.5. The molecule has 0 rings (SSSR count). The van der Waals surface area contributed by atoms with E-state index in [1.165, 1.54) is 0 Å². The first-order valence-electron chi connectivity index (χ1n) is 3.34. The van der Waals surface area contributed by atoms with Gasteiger partial charge in [-0.25, -0.2) is 4.57 Å². The van der Waals surface area contributed by atoms with Gasteiger partial charge in [-0.15, -0.1) is 0 Å². The van der Waals surface area contributed by atoms with Crippen LogP contribution in [0.2, 0.25) is 0 Å². The first-order valence-corrected chi connectivity index (χ1v) is 7.04. The molecule has 74 valence electrons. The average Bonchev–Trinajstić information content (AvgIpc) is 2.02. The molecular formula is C5H11Br2O4P. The van der Waals surface area contributed by atoms with Crippen LogP contribution in [0.4, 0.5) is 0 Å². The molecule has 0 aliphatic heterocycles. The number of alkyl halides is 2. The highest BCUT2D eigenvalue weighted by molar-refractivity contribution is 9.09. The van der Waals surface area contributed by atoms with E-state index >= 15 is 0 Å². The van der Waals surface area contributed by atoms with Crippen LogP contribution in [-0.4, -0.2) is 17.6 Å². The summed E-state index contributed by atoms with van der Waals surface area (Å²) in [6.45, 7) is 2.27. The number of hydrogen-bond donors (Lipinski definition) is 0. The molecule has 0 heterocycles. The molecule has 0 spiro atoms. The highest BCUT2D eigenvalue weighted by Gasteiger charge is 2.24. The van der Waals surface area contributed by atoms with Crippen molar-refractivity contribution in [3.63, 3.8) is 0 Å². The molecule has 0 bridgehead atoms. The van der Waals surface area contributed by atoms with Crippen molar-refractivity contribution >= 4 is 39.7 Å². The predicted molar refractivity (Wildman–Crippen MR) is 53.6 cm³/mol. The zero-order valence-corrected chi connectivity index (χ0v) is 10.7. The van der Waals surface area contributed by atoms with Gasteiger partial charge in [-0.2, -0.15) is 0 Å². The topological polar surface area (TPSA) is 44.8 Å². The van der Waals surface area contributed by atoms with E-state index in [0.29, 0.717) is 6.61 Å². The van der Waals surface area contributed by atoms with Crippen LogP contribution in [0.25, 0.3) is 0 Å². The summed E-state index contributed by atoms with van der Waals surface area (Å²) in [7, 11) is -3.33. The normalized spacial score (nSPS) is 11.9. The summed E-state index contributed by atoms with van der Waals surface area (Å²) in [6, 6.07) is 0. The minimum absolute atomic E-state index is 0.126. The van der Waals surface area contributed by atoms with Crippen molar-refractivity contribution in [2.75, 3.05) is 17.6 Å². The minimum Gasteiger partial charge on any atom is -0.287 e. The summed E-state index contributed by atoms with van der Waals surface area (Å²) < 4.78 is 25.9. The Morgan fingerprint density at radius 1 is 1.17 bits per heavy atom. The van der Waals surface area contributed by atoms with Crippen LogP contribution in [0.1, 0.15) is 13.3 Å². The summed E-state index contributed by atoms with van der Waals surface area (Å²) in [4.78, 5) is 0. The van der Waals surface area contributed by atoms with E-state index in [1.807, 2.05) is 6.92 Å². The Kier molecular flexibility index (Phi) is 8.14. The van der Waals surface area contributed by atoms with Gasteiger partial charge in [-0.1, -0.05) is 38.8 Å². The van der Waals surface area contributed by atoms with Gasteiger partial charge in [0.2, 0.25) is 0 Å². The summed E-state index contributed by atoms with van der Waals surface area (Å²) in [5.41, 5.74) is 0.252. The molecule has 0 unspecified atom stereocenters. The van der Waals surface area contributed by atoms with Crippen LogP contribution >= 0.6 is 39.7 Å². The highest BCUT2D eigenvalue weighted by Crippen LogP contribution is 2.50. The van der Waals surface area contributed by atoms with Crippen LogP contribution in [0, 0.1) is 0 Å². The van der Waals surface area contributed by atoms with Gasteiger partial charge in [-0.3, -0.25) is 13.6 Å². The van der Waals surface area contributed by atoms with Gasteiger partial charge in [0.05, 0.1) is 6.61 Å². The van der Waals surface area contributed by atoms with Gasteiger partial charge < -0.3 is 0 Å². The molecular weight excluding hydrogens is 315 g/mol. The molecule has 12 heavy (non-hydrogen) atoms. The van der Waals surface area contributed by atoms with Gasteiger partial charge in [0.25, 0.3) is 0 Å². The second-order valence-corrected chi connectivity index (χ2v) is 4.34. The summed E-state index contributed by atoms with van der Waals surface area (Å²) in [5, 5.41) is 0. The van der Waals surface area contributed by atoms with Crippen LogP contribution in [0.5, 0.6) is 0 Å². The largest absolute Gasteiger partial charge is 0.476 e. The molecule has 0 fully saturated rings. The maximum absolute atomic E-state index is 11.4. The Labute approximate surface area is 88.8 Å². The molecule has 0 aromatic carbocycles. The molecule has 7 heteroatoms. The number of phosphoric acid groups is 1. The van der Waals surface area contributed by atoms with Crippen LogP contribution in [-0.2, 0) is 18.1 Å². The zero-order valence-electron chi connectivity index (χ0n) is 6.66. The minimum atomic E-state index is -3.33. The lowest BCUT2D eigenvalue weighted by Gasteiger charge is -2.14. The fourth-order valence-electron chi connectivity index (χ4n) is 0.434. The third-order valence-electron chi connectivity index (χ3n) is 0.867. The maximum Gasteiger partial charge on any atom is 0.476 e. The first-order chi connectivity index (χ1) is 5.68. The SMILES string of the molecule is CCCOP(=O)(OCBr)OCBr. The van der Waals surface area contributed by atoms with Crippen molar-refractivity contribution in [1.82, 2.24) is 0 Å². The Morgan fingerprint density at radius 3 is 2.00 bits per heavy atom. The van der Waals surface area contributed by atoms with E-state index < -0.39 is 7.82 Å². The van der Waals surface area contributed by atoms with E-state index in [4.69, 9.17) is 13.6 Å². The molecule has 0 aromatic heterocycles. The zero-order chi connectivity index (χ0) is 9.45. The van der Waals surface area contributed by atoms with E-state index in [2.05, 4.69) is 31.9 Å². The van der Waals surface area contributed by atoms with Crippen molar-refractivity contribution in [2.24, 2.45) is 0 Å². The van der Waals surface area contributed by atoms with Crippen LogP contribution in [0.15, 0.2) is 0 Å². The third-order valence-corrected chi connectivity index (χ3v) is 3.42. The lowest BCUT2D eigenvalue weighted by molar-refractivity contribution is 0.145. The molecule has 0 aliphatic rings. The fraction of sp³-hybridized carbons (Fsp3) is 1.00. The summed E-state index contributed by atoms with van der Waals surface area (Å²) in [6.07, 6.45) is 0.765. The summed E-state index contributed by atoms with van der Waals surface area (Å²) >= 11 is 5.95. The molecule has 0 saturated heterocycles. The number of phosphoric ester groups is 1. The quantitative estimate of drug-likeness (QED) is 0.532. The second-order valence-electron chi connectivity index (χ2n) is 1.76. The molecule has 0 amide bonds. The molecule has 0 aromatic rings. The molecule has 0 saturated carbocycles. The fourth-order valence-corrected chi connectivity index (χ4v) is 2.81. The van der Waals surface area contributed by atoms with E-state index in [0.717, 1.165) is 6.42 Å². The molecule has 0 atom stereocenters. The average molecular weight is 326 g/mol. The molecule has 4 nitrogen and oxygen atoms in total. The van der Waals surface area contributed by atoms with E-state index in [9.17, 15) is 4.57 Å². The smallest absolute Gasteiger partial charge is 0.287 e. The van der Waals surface area contributed by atoms with Gasteiger partial charge in [-0.05, 0) is 6.42 Å². The van der Waals surface area contributed by atoms with E-state index in [-0.39, 0.29) is 11.0 Å². The summed E-state index contributed by atoms with van der Waals surface area (Å²) in [5.74, 6) is 0. The molecule has 0 aliphatic carbocycles. The van der Waals surface area contributed by atoms with Crippen molar-refractivity contribution in [3.8, 4) is 0 Å². The van der Waals surface area contributed by atoms with Gasteiger partial charge in [0.1, 0.15) is 11.0 Å². The standard InChI is InChI=1S/C5H11Br2O4P/c1-2-3-9-12(8,10-4-6)11-5-7/h2-5H2,1H3. The maximum atomic E-state index is 11.4. The van der Waals surface area contributed by atoms with Crippen LogP contribution < -0.4 is 0 Å². The number of hydrogen-bond acceptors (Lipinski definition) is 4. The Balaban J connectivity index is 3.90. The van der Waals surface area contributed by atoms with Gasteiger partial charge >= 0.3 is 7.82 Å². The number of rotatable bonds is 7. The second kappa shape index (κ2) is 7.47. The molecule has 0 radical (unpaired) electrons. The Morgan fingerprint density at radius 2 is 1.67 bits per heavy atom. The molecule has 0 N–H and O–H groups in total. The third kappa shape index (κ3) is 5.67. The van der Waals surface area contributed by atoms with Gasteiger partial charge in [0, 0.05) is 0 Å². The van der Waals surface area contributed by atoms with Crippen molar-refractivity contribution in [3.05, 3.63) is 0 Å². The highest BCUT2D eigenvalue weighted by atomic mass is 79.9. The monoisotopic (exact) mass is 324 g/mol. The lowest BCUT2D eigenvalue weighted by Crippen LogP contribution is -1.98. The van der Waals surface area contributed by atoms with E-state index in [1.54, 1.807) is 0 Å². The predicted octanol–water partition coefficient (Wildman–Crippen LogP) is 3.26.